The summed E-state index contributed by atoms with van der Waals surface area (Å²) in [5.74, 6) is 0.859. The minimum Gasteiger partial charge on any atom is -0.508 e. The molecule has 0 aliphatic rings. The number of nitrogens with zero attached hydrogens (tertiary/aromatic N) is 3. The third-order valence-corrected chi connectivity index (χ3v) is 4.80. The SMILES string of the molecule is Cc1noc(C)c1-c1c(-c2ccc(O)cc2)c(Br)n(C)c1C#N. The Hall–Kier alpha value is -2.52. The van der Waals surface area contributed by atoms with E-state index in [2.05, 4.69) is 27.2 Å². The summed E-state index contributed by atoms with van der Waals surface area (Å²) in [6, 6.07) is 9.14. The molecule has 2 heterocycles. The monoisotopic (exact) mass is 371 g/mol. The van der Waals surface area contributed by atoms with Gasteiger partial charge >= 0.3 is 0 Å². The lowest BCUT2D eigenvalue weighted by atomic mass is 9.96. The normalized spacial score (nSPS) is 10.7. The average molecular weight is 372 g/mol. The summed E-state index contributed by atoms with van der Waals surface area (Å²) in [5.41, 5.74) is 4.63. The minimum atomic E-state index is 0.195. The molecule has 0 spiro atoms. The third kappa shape index (κ3) is 2.34. The molecule has 3 aromatic rings. The summed E-state index contributed by atoms with van der Waals surface area (Å²) < 4.78 is 7.87. The second-order valence-corrected chi connectivity index (χ2v) is 6.06. The van der Waals surface area contributed by atoms with Gasteiger partial charge < -0.3 is 14.2 Å². The van der Waals surface area contributed by atoms with Crippen molar-refractivity contribution in [2.45, 2.75) is 13.8 Å². The molecule has 1 aromatic carbocycles. The van der Waals surface area contributed by atoms with E-state index in [4.69, 9.17) is 4.52 Å². The van der Waals surface area contributed by atoms with Crippen molar-refractivity contribution in [3.05, 3.63) is 46.0 Å². The van der Waals surface area contributed by atoms with Crippen LogP contribution < -0.4 is 0 Å². The third-order valence-electron chi connectivity index (χ3n) is 3.87. The van der Waals surface area contributed by atoms with Crippen LogP contribution >= 0.6 is 15.9 Å². The van der Waals surface area contributed by atoms with Gasteiger partial charge in [-0.25, -0.2) is 0 Å². The number of benzene rings is 1. The van der Waals surface area contributed by atoms with Crippen LogP contribution in [0, 0.1) is 25.2 Å². The van der Waals surface area contributed by atoms with Crippen LogP contribution in [0.1, 0.15) is 17.1 Å². The van der Waals surface area contributed by atoms with E-state index < -0.39 is 0 Å². The Labute approximate surface area is 141 Å². The predicted octanol–water partition coefficient (Wildman–Crippen LogP) is 4.30. The van der Waals surface area contributed by atoms with Crippen LogP contribution in [-0.4, -0.2) is 14.8 Å². The highest BCUT2D eigenvalue weighted by atomic mass is 79.9. The molecule has 0 aliphatic carbocycles. The smallest absolute Gasteiger partial charge is 0.141 e. The van der Waals surface area contributed by atoms with Gasteiger partial charge in [0.15, 0.2) is 0 Å². The number of aromatic hydroxyl groups is 1. The Kier molecular flexibility index (Phi) is 3.74. The number of phenolic OH excluding ortho intramolecular Hbond substituents is 1. The van der Waals surface area contributed by atoms with Gasteiger partial charge in [-0.05, 0) is 47.5 Å². The number of phenols is 1. The molecule has 1 N–H and O–H groups in total. The fourth-order valence-corrected chi connectivity index (χ4v) is 3.37. The molecular weight excluding hydrogens is 358 g/mol. The molecule has 0 unspecified atom stereocenters. The fraction of sp³-hybridized carbons (Fsp3) is 0.176. The van der Waals surface area contributed by atoms with Crippen molar-refractivity contribution >= 4 is 15.9 Å². The maximum atomic E-state index is 9.63. The van der Waals surface area contributed by atoms with Gasteiger partial charge in [-0.1, -0.05) is 17.3 Å². The summed E-state index contributed by atoms with van der Waals surface area (Å²) >= 11 is 3.58. The summed E-state index contributed by atoms with van der Waals surface area (Å²) in [6.45, 7) is 3.69. The van der Waals surface area contributed by atoms with Crippen molar-refractivity contribution in [2.75, 3.05) is 0 Å². The standard InChI is InChI=1S/C17H14BrN3O2/c1-9-14(10(2)23-20-9)16-13(8-19)21(3)17(18)15(16)11-4-6-12(22)7-5-11/h4-7,22H,1-3H3. The molecule has 5 nitrogen and oxygen atoms in total. The lowest BCUT2D eigenvalue weighted by Crippen LogP contribution is -1.93. The van der Waals surface area contributed by atoms with Crippen molar-refractivity contribution in [3.63, 3.8) is 0 Å². The van der Waals surface area contributed by atoms with Crippen LogP contribution in [0.15, 0.2) is 33.4 Å². The largest absolute Gasteiger partial charge is 0.508 e. The molecule has 0 saturated heterocycles. The number of nitriles is 1. The Morgan fingerprint density at radius 3 is 2.35 bits per heavy atom. The molecule has 23 heavy (non-hydrogen) atoms. The number of hydrogen-bond acceptors (Lipinski definition) is 4. The molecule has 0 radical (unpaired) electrons. The van der Waals surface area contributed by atoms with Gasteiger partial charge in [0.1, 0.15) is 23.3 Å². The van der Waals surface area contributed by atoms with Crippen molar-refractivity contribution in [2.24, 2.45) is 7.05 Å². The van der Waals surface area contributed by atoms with Crippen LogP contribution in [0.5, 0.6) is 5.75 Å². The zero-order valence-corrected chi connectivity index (χ0v) is 14.5. The molecule has 0 saturated carbocycles. The van der Waals surface area contributed by atoms with Crippen molar-refractivity contribution < 1.29 is 9.63 Å². The lowest BCUT2D eigenvalue weighted by Gasteiger charge is -2.06. The second-order valence-electron chi connectivity index (χ2n) is 5.31. The van der Waals surface area contributed by atoms with Crippen LogP contribution in [0.4, 0.5) is 0 Å². The van der Waals surface area contributed by atoms with E-state index in [1.807, 2.05) is 33.0 Å². The average Bonchev–Trinajstić information content (AvgIpc) is 2.98. The van der Waals surface area contributed by atoms with E-state index in [1.165, 1.54) is 0 Å². The Morgan fingerprint density at radius 2 is 1.83 bits per heavy atom. The van der Waals surface area contributed by atoms with Gasteiger partial charge in [-0.15, -0.1) is 0 Å². The Morgan fingerprint density at radius 1 is 1.17 bits per heavy atom. The first-order valence-electron chi connectivity index (χ1n) is 6.96. The molecule has 3 rings (SSSR count). The van der Waals surface area contributed by atoms with E-state index >= 15 is 0 Å². The zero-order chi connectivity index (χ0) is 16.7. The number of hydrogen-bond donors (Lipinski definition) is 1. The molecule has 116 valence electrons. The molecular formula is C17H14BrN3O2. The van der Waals surface area contributed by atoms with Crippen molar-refractivity contribution in [1.82, 2.24) is 9.72 Å². The van der Waals surface area contributed by atoms with Crippen LogP contribution in [0.25, 0.3) is 22.3 Å². The zero-order valence-electron chi connectivity index (χ0n) is 12.9. The topological polar surface area (TPSA) is 75.0 Å². The van der Waals surface area contributed by atoms with Gasteiger partial charge in [-0.2, -0.15) is 5.26 Å². The van der Waals surface area contributed by atoms with Gasteiger partial charge in [0.05, 0.1) is 15.9 Å². The summed E-state index contributed by atoms with van der Waals surface area (Å²) in [4.78, 5) is 0. The van der Waals surface area contributed by atoms with Crippen molar-refractivity contribution in [1.29, 1.82) is 5.26 Å². The first-order valence-corrected chi connectivity index (χ1v) is 7.76. The summed E-state index contributed by atoms with van der Waals surface area (Å²) in [6.07, 6.45) is 0. The maximum absolute atomic E-state index is 9.63. The molecule has 0 atom stereocenters. The molecule has 0 fully saturated rings. The number of aryl methyl sites for hydroxylation is 2. The summed E-state index contributed by atoms with van der Waals surface area (Å²) in [5, 5.41) is 23.2. The minimum absolute atomic E-state index is 0.195. The van der Waals surface area contributed by atoms with Crippen molar-refractivity contribution in [3.8, 4) is 34.1 Å². The van der Waals surface area contributed by atoms with Gasteiger partial charge in [0.2, 0.25) is 0 Å². The maximum Gasteiger partial charge on any atom is 0.141 e. The Balaban J connectivity index is 2.41. The van der Waals surface area contributed by atoms with E-state index in [0.717, 1.165) is 32.6 Å². The molecule has 0 amide bonds. The molecule has 0 bridgehead atoms. The lowest BCUT2D eigenvalue weighted by molar-refractivity contribution is 0.393. The second kappa shape index (κ2) is 5.60. The molecule has 2 aromatic heterocycles. The van der Waals surface area contributed by atoms with E-state index in [0.29, 0.717) is 11.5 Å². The number of halogens is 1. The van der Waals surface area contributed by atoms with Gasteiger partial charge in [0, 0.05) is 18.2 Å². The predicted molar refractivity (Wildman–Crippen MR) is 89.9 cm³/mol. The highest BCUT2D eigenvalue weighted by Crippen LogP contribution is 2.44. The summed E-state index contributed by atoms with van der Waals surface area (Å²) in [7, 11) is 1.83. The highest BCUT2D eigenvalue weighted by Gasteiger charge is 2.26. The van der Waals surface area contributed by atoms with E-state index in [9.17, 15) is 10.4 Å². The van der Waals surface area contributed by atoms with Crippen LogP contribution in [-0.2, 0) is 7.05 Å². The number of aromatic nitrogens is 2. The van der Waals surface area contributed by atoms with Gasteiger partial charge in [0.25, 0.3) is 0 Å². The highest BCUT2D eigenvalue weighted by molar-refractivity contribution is 9.10. The fourth-order valence-electron chi connectivity index (χ4n) is 2.76. The quantitative estimate of drug-likeness (QED) is 0.728. The van der Waals surface area contributed by atoms with Crippen LogP contribution in [0.2, 0.25) is 0 Å². The first kappa shape index (κ1) is 15.4. The van der Waals surface area contributed by atoms with Gasteiger partial charge in [-0.3, -0.25) is 0 Å². The Bertz CT molecular complexity index is 911. The number of rotatable bonds is 2. The molecule has 6 heteroatoms. The van der Waals surface area contributed by atoms with E-state index in [1.54, 1.807) is 16.7 Å². The van der Waals surface area contributed by atoms with Crippen LogP contribution in [0.3, 0.4) is 0 Å². The molecule has 0 aliphatic heterocycles. The first-order chi connectivity index (χ1) is 11.0. The van der Waals surface area contributed by atoms with E-state index in [-0.39, 0.29) is 5.75 Å².